The Morgan fingerprint density at radius 2 is 1.47 bits per heavy atom. The average Bonchev–Trinajstić information content (AvgIpc) is 3.01. The molecule has 0 aromatic rings. The Bertz CT molecular complexity index is 755. The van der Waals surface area contributed by atoms with E-state index in [0.717, 1.165) is 57.6 Å². The molecule has 0 fully saturated rings. The molecule has 0 aliphatic heterocycles. The molecule has 7 nitrogen and oxygen atoms in total. The van der Waals surface area contributed by atoms with Gasteiger partial charge in [0.25, 0.3) is 0 Å². The van der Waals surface area contributed by atoms with Gasteiger partial charge in [-0.05, 0) is 83.6 Å². The first-order valence-corrected chi connectivity index (χ1v) is 17.2. The second-order valence-electron chi connectivity index (χ2n) is 11.9. The van der Waals surface area contributed by atoms with Gasteiger partial charge in [0.1, 0.15) is 5.78 Å². The summed E-state index contributed by atoms with van der Waals surface area (Å²) in [5.41, 5.74) is 1.77. The van der Waals surface area contributed by atoms with Crippen molar-refractivity contribution in [1.82, 2.24) is 0 Å². The third-order valence-corrected chi connectivity index (χ3v) is 7.50. The van der Waals surface area contributed by atoms with Crippen LogP contribution in [0.1, 0.15) is 127 Å². The van der Waals surface area contributed by atoms with Crippen molar-refractivity contribution >= 4 is 5.78 Å². The van der Waals surface area contributed by atoms with Crippen LogP contribution in [0.5, 0.6) is 0 Å². The van der Waals surface area contributed by atoms with E-state index < -0.39 is 6.10 Å². The fraction of sp³-hybridized carbons (Fsp3) is 0.763. The topological polar surface area (TPSA) is 127 Å². The molecule has 0 radical (unpaired) electrons. The zero-order chi connectivity index (χ0) is 35.8. The Balaban J connectivity index is -0.000000827. The number of carbonyl (C=O) groups is 1. The summed E-state index contributed by atoms with van der Waals surface area (Å²) in [5.74, 6) is 0.740. The van der Waals surface area contributed by atoms with Crippen molar-refractivity contribution in [3.63, 3.8) is 0 Å². The largest absolute Gasteiger partial charge is 0.400 e. The molecule has 6 unspecified atom stereocenters. The van der Waals surface area contributed by atoms with Gasteiger partial charge >= 0.3 is 0 Å². The lowest BCUT2D eigenvalue weighted by molar-refractivity contribution is -0.124. The van der Waals surface area contributed by atoms with E-state index in [9.17, 15) is 20.1 Å². The number of rotatable bonds is 22. The minimum absolute atomic E-state index is 0.0153. The second kappa shape index (κ2) is 35.2. The summed E-state index contributed by atoms with van der Waals surface area (Å²) in [6.07, 6.45) is 16.4. The summed E-state index contributed by atoms with van der Waals surface area (Å²) in [6, 6.07) is 0. The van der Waals surface area contributed by atoms with Gasteiger partial charge in [0.2, 0.25) is 0 Å². The van der Waals surface area contributed by atoms with E-state index in [2.05, 4.69) is 46.4 Å². The molecule has 0 aromatic carbocycles. The summed E-state index contributed by atoms with van der Waals surface area (Å²) in [7, 11) is 1.00. The highest BCUT2D eigenvalue weighted by Gasteiger charge is 2.20. The zero-order valence-electron chi connectivity index (χ0n) is 31.0. The number of hydrogen-bond donors (Lipinski definition) is 5. The molecule has 0 saturated carbocycles. The van der Waals surface area contributed by atoms with Gasteiger partial charge in [-0.25, -0.2) is 0 Å². The lowest BCUT2D eigenvalue weighted by Gasteiger charge is -2.26. The molecular formula is C38H74O7. The van der Waals surface area contributed by atoms with E-state index in [1.165, 1.54) is 0 Å². The second-order valence-corrected chi connectivity index (χ2v) is 11.9. The van der Waals surface area contributed by atoms with Gasteiger partial charge in [-0.3, -0.25) is 4.79 Å². The van der Waals surface area contributed by atoms with Crippen LogP contribution in [-0.4, -0.2) is 76.1 Å². The van der Waals surface area contributed by atoms with Gasteiger partial charge in [0, 0.05) is 32.7 Å². The van der Waals surface area contributed by atoms with Crippen LogP contribution in [0.4, 0.5) is 0 Å². The Morgan fingerprint density at radius 1 is 0.867 bits per heavy atom. The van der Waals surface area contributed by atoms with Crippen LogP contribution in [0.3, 0.4) is 0 Å². The van der Waals surface area contributed by atoms with Crippen molar-refractivity contribution in [3.05, 3.63) is 48.1 Å². The minimum atomic E-state index is -0.747. The van der Waals surface area contributed by atoms with E-state index in [-0.39, 0.29) is 49.0 Å². The number of Topliss-reactive ketones (excluding diaryl/α,β-unsaturated/α-hetero) is 1. The number of unbranched alkanes of at least 4 members (excludes halogenated alkanes) is 1. The number of carbonyl (C=O) groups excluding carboxylic acids is 1. The smallest absolute Gasteiger partial charge is 0.138 e. The predicted octanol–water partition coefficient (Wildman–Crippen LogP) is 7.75. The minimum Gasteiger partial charge on any atom is -0.400 e. The lowest BCUT2D eigenvalue weighted by Crippen LogP contribution is -2.24. The Kier molecular flexibility index (Phi) is 39.4. The quantitative estimate of drug-likeness (QED) is 0.0603. The van der Waals surface area contributed by atoms with Gasteiger partial charge in [-0.15, -0.1) is 0 Å². The monoisotopic (exact) mass is 643 g/mol. The van der Waals surface area contributed by atoms with Crippen molar-refractivity contribution < 1.29 is 35.1 Å². The fourth-order valence-electron chi connectivity index (χ4n) is 3.94. The first-order valence-electron chi connectivity index (χ1n) is 17.2. The van der Waals surface area contributed by atoms with Crippen molar-refractivity contribution in [2.24, 2.45) is 17.8 Å². The number of allylic oxidation sites excluding steroid dienone is 5. The molecule has 0 heterocycles. The Labute approximate surface area is 278 Å². The maximum absolute atomic E-state index is 12.2. The number of aliphatic hydroxyl groups is 5. The van der Waals surface area contributed by atoms with E-state index in [4.69, 9.17) is 14.9 Å². The third kappa shape index (κ3) is 32.1. The normalized spacial score (nSPS) is 16.1. The van der Waals surface area contributed by atoms with Gasteiger partial charge in [0.15, 0.2) is 0 Å². The summed E-state index contributed by atoms with van der Waals surface area (Å²) >= 11 is 0. The van der Waals surface area contributed by atoms with Crippen molar-refractivity contribution in [1.29, 1.82) is 0 Å². The zero-order valence-corrected chi connectivity index (χ0v) is 31.0. The molecule has 268 valence electrons. The highest BCUT2D eigenvalue weighted by molar-refractivity contribution is 5.81. The first-order chi connectivity index (χ1) is 21.3. The van der Waals surface area contributed by atoms with Crippen LogP contribution in [0, 0.1) is 17.8 Å². The first kappa shape index (κ1) is 50.3. The van der Waals surface area contributed by atoms with Crippen LogP contribution in [0.2, 0.25) is 0 Å². The van der Waals surface area contributed by atoms with E-state index in [0.29, 0.717) is 24.5 Å². The number of ketones is 1. The standard InChI is InChI=1S/C31H54O5.C4H10O.C2H6.CH4O/c1-22(2)29(34)21-30(35)25(5)14-12-10-9-11-13-15-26(6)31(36-27(7)18-19-32)20-23(3)16-17-24(4)28(8)33;1-2-3-4-5;2*1-2/h9-11,13,15,23-25,27-29,31-34H,1,12,14,16-21H2,2-8H3;5H,2-4H2,1H3;1-2H3;2H,1H3/b10-9+,13-11+,26-15+;;;/t23?,24?,25-,27?,28?,29?,31?;;;/m1.../s1. The van der Waals surface area contributed by atoms with Crippen LogP contribution in [-0.2, 0) is 9.53 Å². The number of hydrogen-bond acceptors (Lipinski definition) is 7. The molecule has 0 rings (SSSR count). The molecule has 45 heavy (non-hydrogen) atoms. The summed E-state index contributed by atoms with van der Waals surface area (Å²) < 4.78 is 6.28. The van der Waals surface area contributed by atoms with Crippen molar-refractivity contribution in [3.8, 4) is 0 Å². The lowest BCUT2D eigenvalue weighted by atomic mass is 9.90. The molecule has 0 bridgehead atoms. The van der Waals surface area contributed by atoms with Gasteiger partial charge in [0.05, 0.1) is 24.4 Å². The average molecular weight is 643 g/mol. The van der Waals surface area contributed by atoms with Gasteiger partial charge < -0.3 is 30.3 Å². The Hall–Kier alpha value is -1.61. The van der Waals surface area contributed by atoms with Gasteiger partial charge in [-0.2, -0.15) is 0 Å². The van der Waals surface area contributed by atoms with Crippen LogP contribution >= 0.6 is 0 Å². The number of aliphatic hydroxyl groups excluding tert-OH is 5. The summed E-state index contributed by atoms with van der Waals surface area (Å²) in [6.45, 7) is 24.1. The predicted molar refractivity (Wildman–Crippen MR) is 192 cm³/mol. The molecule has 7 atom stereocenters. The van der Waals surface area contributed by atoms with Crippen molar-refractivity contribution in [2.75, 3.05) is 20.3 Å². The SMILES string of the molecule is C=C(C)C(O)CC(=O)[C@H](C)CC/C=C/C=C/C=C(\C)C(CC(C)CCC(C)C(C)O)OC(C)CCO.CC.CCCCO.CO. The third-order valence-electron chi connectivity index (χ3n) is 7.50. The van der Waals surface area contributed by atoms with E-state index in [1.54, 1.807) is 6.92 Å². The fourth-order valence-corrected chi connectivity index (χ4v) is 3.94. The molecule has 0 saturated heterocycles. The van der Waals surface area contributed by atoms with E-state index >= 15 is 0 Å². The summed E-state index contributed by atoms with van der Waals surface area (Å²) in [5, 5.41) is 43.9. The maximum atomic E-state index is 12.2. The highest BCUT2D eigenvalue weighted by Crippen LogP contribution is 2.24. The van der Waals surface area contributed by atoms with Crippen LogP contribution < -0.4 is 0 Å². The van der Waals surface area contributed by atoms with Crippen molar-refractivity contribution in [2.45, 2.75) is 151 Å². The molecule has 0 aromatic heterocycles. The highest BCUT2D eigenvalue weighted by atomic mass is 16.5. The molecule has 5 N–H and O–H groups in total. The number of ether oxygens (including phenoxy) is 1. The van der Waals surface area contributed by atoms with Crippen LogP contribution in [0.25, 0.3) is 0 Å². The molecule has 0 amide bonds. The maximum Gasteiger partial charge on any atom is 0.138 e. The van der Waals surface area contributed by atoms with Crippen LogP contribution in [0.15, 0.2) is 48.1 Å². The summed E-state index contributed by atoms with van der Waals surface area (Å²) in [4.78, 5) is 12.2. The molecule has 0 aliphatic carbocycles. The van der Waals surface area contributed by atoms with E-state index in [1.807, 2.05) is 52.8 Å². The molecule has 0 spiro atoms. The Morgan fingerprint density at radius 3 is 1.93 bits per heavy atom. The van der Waals surface area contributed by atoms with Gasteiger partial charge in [-0.1, -0.05) is 96.9 Å². The molecule has 7 heteroatoms. The molecule has 0 aliphatic rings. The molecular weight excluding hydrogens is 568 g/mol.